The highest BCUT2D eigenvalue weighted by molar-refractivity contribution is 8.00. The van der Waals surface area contributed by atoms with Crippen molar-refractivity contribution in [1.29, 1.82) is 0 Å². The average molecular weight is 312 g/mol. The van der Waals surface area contributed by atoms with Gasteiger partial charge in [-0.2, -0.15) is 0 Å². The number of carboxylic acids is 1. The molecule has 1 aliphatic rings. The molecule has 1 rings (SSSR count). The summed E-state index contributed by atoms with van der Waals surface area (Å²) in [6, 6.07) is 0. The molecule has 0 saturated heterocycles. The molecule has 0 aromatic rings. The smallest absolute Gasteiger partial charge is 0.334 e. The fourth-order valence-electron chi connectivity index (χ4n) is 2.03. The van der Waals surface area contributed by atoms with Gasteiger partial charge >= 0.3 is 5.97 Å². The second kappa shape index (κ2) is 6.59. The van der Waals surface area contributed by atoms with E-state index in [9.17, 15) is 20.0 Å². The van der Waals surface area contributed by atoms with E-state index < -0.39 is 23.0 Å². The Morgan fingerprint density at radius 1 is 1.62 bits per heavy atom. The van der Waals surface area contributed by atoms with Crippen LogP contribution >= 0.6 is 11.9 Å². The molecule has 7 nitrogen and oxygen atoms in total. The van der Waals surface area contributed by atoms with Crippen molar-refractivity contribution in [2.75, 3.05) is 7.05 Å². The number of carboxylic acid groups (broad SMARTS) is 1. The van der Waals surface area contributed by atoms with Crippen LogP contribution in [0.25, 0.3) is 0 Å². The molecule has 114 valence electrons. The van der Waals surface area contributed by atoms with Crippen LogP contribution in [-0.2, 0) is 4.79 Å². The van der Waals surface area contributed by atoms with Crippen molar-refractivity contribution in [2.45, 2.75) is 13.0 Å². The van der Waals surface area contributed by atoms with Crippen LogP contribution in [0.15, 0.2) is 46.9 Å². The summed E-state index contributed by atoms with van der Waals surface area (Å²) in [6.07, 6.45) is 1.55. The van der Waals surface area contributed by atoms with Crippen molar-refractivity contribution in [2.24, 2.45) is 5.92 Å². The fourth-order valence-corrected chi connectivity index (χ4v) is 2.82. The zero-order valence-electron chi connectivity index (χ0n) is 11.6. The lowest BCUT2D eigenvalue weighted by Gasteiger charge is -2.29. The van der Waals surface area contributed by atoms with E-state index in [2.05, 4.69) is 13.2 Å². The van der Waals surface area contributed by atoms with Gasteiger partial charge in [-0.3, -0.25) is 0 Å². The molecule has 0 amide bonds. The van der Waals surface area contributed by atoms with Gasteiger partial charge in [-0.1, -0.05) is 30.6 Å². The van der Waals surface area contributed by atoms with E-state index in [1.807, 2.05) is 0 Å². The number of aliphatic hydroxyl groups is 1. The van der Waals surface area contributed by atoms with Crippen LogP contribution in [0.5, 0.6) is 0 Å². The molecule has 0 saturated carbocycles. The van der Waals surface area contributed by atoms with Crippen molar-refractivity contribution in [3.63, 3.8) is 0 Å². The maximum Gasteiger partial charge on any atom is 0.334 e. The van der Waals surface area contributed by atoms with Gasteiger partial charge in [0.25, 0.3) is 0 Å². The number of carbonyl (C=O) groups is 1. The van der Waals surface area contributed by atoms with Crippen LogP contribution in [-0.4, -0.2) is 38.8 Å². The number of rotatable bonds is 6. The van der Waals surface area contributed by atoms with Gasteiger partial charge in [0.15, 0.2) is 5.03 Å². The van der Waals surface area contributed by atoms with Crippen molar-refractivity contribution >= 4 is 17.9 Å². The third kappa shape index (κ3) is 3.53. The highest BCUT2D eigenvalue weighted by Gasteiger charge is 2.33. The highest BCUT2D eigenvalue weighted by atomic mass is 32.2. The summed E-state index contributed by atoms with van der Waals surface area (Å²) in [7, 11) is 1.27. The van der Waals surface area contributed by atoms with Crippen molar-refractivity contribution in [3.05, 3.63) is 57.0 Å². The Kier molecular flexibility index (Phi) is 5.34. The van der Waals surface area contributed by atoms with E-state index >= 15 is 0 Å². The minimum absolute atomic E-state index is 0.137. The summed E-state index contributed by atoms with van der Waals surface area (Å²) < 4.78 is 0.783. The summed E-state index contributed by atoms with van der Waals surface area (Å²) in [4.78, 5) is 22.1. The molecule has 21 heavy (non-hydrogen) atoms. The van der Waals surface area contributed by atoms with Gasteiger partial charge < -0.3 is 10.2 Å². The molecule has 8 heteroatoms. The Labute approximate surface area is 126 Å². The molecule has 0 fully saturated rings. The predicted molar refractivity (Wildman–Crippen MR) is 79.6 cm³/mol. The number of hydrogen-bond donors (Lipinski definition) is 2. The van der Waals surface area contributed by atoms with Crippen LogP contribution in [0.4, 0.5) is 0 Å². The number of aliphatic carboxylic acids is 1. The van der Waals surface area contributed by atoms with E-state index in [4.69, 9.17) is 5.11 Å². The van der Waals surface area contributed by atoms with E-state index in [1.54, 1.807) is 6.92 Å². The molecule has 0 aromatic heterocycles. The largest absolute Gasteiger partial charge is 0.478 e. The second-order valence-corrected chi connectivity index (χ2v) is 5.63. The minimum Gasteiger partial charge on any atom is -0.478 e. The maximum absolute atomic E-state index is 11.1. The number of hydrazine groups is 1. The topological polar surface area (TPSA) is 104 Å². The first-order valence-electron chi connectivity index (χ1n) is 5.95. The van der Waals surface area contributed by atoms with Gasteiger partial charge in [-0.15, -0.1) is 0 Å². The number of nitro groups is 1. The fraction of sp³-hybridized carbons (Fsp3) is 0.308. The van der Waals surface area contributed by atoms with Gasteiger partial charge in [0.1, 0.15) is 0 Å². The summed E-state index contributed by atoms with van der Waals surface area (Å²) in [6.45, 7) is 9.02. The van der Waals surface area contributed by atoms with Gasteiger partial charge in [0.2, 0.25) is 0 Å². The van der Waals surface area contributed by atoms with Crippen LogP contribution in [0, 0.1) is 16.0 Å². The zero-order valence-corrected chi connectivity index (χ0v) is 12.5. The molecular weight excluding hydrogens is 296 g/mol. The number of hydrogen-bond acceptors (Lipinski definition) is 5. The average Bonchev–Trinajstić information content (AvgIpc) is 2.40. The summed E-state index contributed by atoms with van der Waals surface area (Å²) >= 11 is 0.795. The van der Waals surface area contributed by atoms with E-state index in [0.717, 1.165) is 16.4 Å². The molecule has 0 bridgehead atoms. The van der Waals surface area contributed by atoms with Crippen molar-refractivity contribution in [1.82, 2.24) is 4.41 Å². The first-order chi connectivity index (χ1) is 9.70. The zero-order chi connectivity index (χ0) is 16.3. The lowest BCUT2D eigenvalue weighted by atomic mass is 9.81. The Morgan fingerprint density at radius 3 is 2.62 bits per heavy atom. The van der Waals surface area contributed by atoms with Gasteiger partial charge in [0.05, 0.1) is 30.7 Å². The van der Waals surface area contributed by atoms with E-state index in [1.165, 1.54) is 19.2 Å². The third-order valence-electron chi connectivity index (χ3n) is 3.11. The Hall–Kier alpha value is -2.06. The Balaban J connectivity index is 3.23. The number of allylic oxidation sites excluding steroid dienone is 4. The lowest BCUT2D eigenvalue weighted by molar-refractivity contribution is -0.610. The normalized spacial score (nSPS) is 21.6. The van der Waals surface area contributed by atoms with E-state index in [0.29, 0.717) is 16.1 Å². The summed E-state index contributed by atoms with van der Waals surface area (Å²) in [5.41, 5.74) is 0.891. The first kappa shape index (κ1) is 17.0. The molecule has 2 unspecified atom stereocenters. The van der Waals surface area contributed by atoms with Crippen LogP contribution in [0.3, 0.4) is 0 Å². The highest BCUT2D eigenvalue weighted by Crippen LogP contribution is 2.39. The van der Waals surface area contributed by atoms with Crippen molar-refractivity contribution < 1.29 is 20.0 Å². The maximum atomic E-state index is 11.1. The van der Waals surface area contributed by atoms with Crippen LogP contribution in [0.1, 0.15) is 6.92 Å². The minimum atomic E-state index is -1.21. The summed E-state index contributed by atoms with van der Waals surface area (Å²) in [5.74, 6) is -1.78. The molecule has 2 N–H and O–H groups in total. The standard InChI is InChI=1S/C13H16N2O5S/c1-5-9-6-10(13(17)18)12(16)7(2)11(9)8(3)21-14(4)15(19)20/h5-7,12,16H,1,3H2,2,4H3,(H,17,18). The van der Waals surface area contributed by atoms with E-state index in [-0.39, 0.29) is 5.57 Å². The number of nitrogens with zero attached hydrogens (tertiary/aromatic N) is 2. The van der Waals surface area contributed by atoms with Crippen molar-refractivity contribution in [3.8, 4) is 0 Å². The first-order valence-corrected chi connectivity index (χ1v) is 6.72. The Morgan fingerprint density at radius 2 is 2.19 bits per heavy atom. The second-order valence-electron chi connectivity index (χ2n) is 4.43. The monoisotopic (exact) mass is 312 g/mol. The number of aliphatic hydroxyl groups excluding tert-OH is 1. The quantitative estimate of drug-likeness (QED) is 0.437. The van der Waals surface area contributed by atoms with Crippen LogP contribution < -0.4 is 0 Å². The SMILES string of the molecule is C=CC1=C(C(=C)SN(C)[N+](=O)[O-])C(C)C(O)C(C(=O)O)=C1. The van der Waals surface area contributed by atoms with Gasteiger partial charge in [0, 0.05) is 10.8 Å². The third-order valence-corrected chi connectivity index (χ3v) is 3.95. The lowest BCUT2D eigenvalue weighted by Crippen LogP contribution is -2.30. The van der Waals surface area contributed by atoms with Gasteiger partial charge in [-0.05, 0) is 17.2 Å². The molecule has 0 heterocycles. The molecule has 0 radical (unpaired) electrons. The molecular formula is C13H16N2O5S. The Bertz CT molecular complexity index is 567. The molecule has 0 aliphatic heterocycles. The predicted octanol–water partition coefficient (Wildman–Crippen LogP) is 1.78. The molecule has 1 aliphatic carbocycles. The van der Waals surface area contributed by atoms with Gasteiger partial charge in [-0.25, -0.2) is 14.9 Å². The molecule has 2 atom stereocenters. The van der Waals surface area contributed by atoms with Crippen LogP contribution in [0.2, 0.25) is 0 Å². The molecule has 0 aromatic carbocycles. The molecule has 0 spiro atoms. The summed E-state index contributed by atoms with van der Waals surface area (Å²) in [5, 5.41) is 29.2.